The van der Waals surface area contributed by atoms with E-state index in [9.17, 15) is 0 Å². The van der Waals surface area contributed by atoms with E-state index in [0.717, 1.165) is 25.2 Å². The highest BCUT2D eigenvalue weighted by Crippen LogP contribution is 2.25. The Morgan fingerprint density at radius 1 is 1.32 bits per heavy atom. The summed E-state index contributed by atoms with van der Waals surface area (Å²) < 4.78 is 3.33. The molecule has 1 N–H and O–H groups in total. The summed E-state index contributed by atoms with van der Waals surface area (Å²) in [6, 6.07) is 0.556. The highest BCUT2D eigenvalue weighted by Gasteiger charge is 2.17. The van der Waals surface area contributed by atoms with E-state index < -0.39 is 0 Å². The SMILES string of the molecule is CCCC(CNC(C)C)Cc1c(Br)c(C)nn1CC. The second-order valence-corrected chi connectivity index (χ2v) is 6.38. The van der Waals surface area contributed by atoms with Gasteiger partial charge in [0.1, 0.15) is 0 Å². The smallest absolute Gasteiger partial charge is 0.0738 e. The van der Waals surface area contributed by atoms with Crippen LogP contribution in [0.2, 0.25) is 0 Å². The van der Waals surface area contributed by atoms with E-state index in [-0.39, 0.29) is 0 Å². The lowest BCUT2D eigenvalue weighted by molar-refractivity contribution is 0.406. The molecule has 1 heterocycles. The van der Waals surface area contributed by atoms with E-state index >= 15 is 0 Å². The molecule has 4 heteroatoms. The quantitative estimate of drug-likeness (QED) is 0.783. The monoisotopic (exact) mass is 329 g/mol. The summed E-state index contributed by atoms with van der Waals surface area (Å²) in [6.07, 6.45) is 3.60. The number of hydrogen-bond donors (Lipinski definition) is 1. The van der Waals surface area contributed by atoms with Crippen molar-refractivity contribution >= 4 is 15.9 Å². The molecule has 0 aliphatic rings. The molecule has 1 aromatic heterocycles. The summed E-state index contributed by atoms with van der Waals surface area (Å²) in [5, 5.41) is 8.16. The Bertz CT molecular complexity index is 385. The van der Waals surface area contributed by atoms with Gasteiger partial charge in [0.05, 0.1) is 15.9 Å². The third kappa shape index (κ3) is 4.92. The molecular weight excluding hydrogens is 302 g/mol. The number of hydrogen-bond acceptors (Lipinski definition) is 2. The Hall–Kier alpha value is -0.350. The van der Waals surface area contributed by atoms with Crippen molar-refractivity contribution in [2.45, 2.75) is 66.5 Å². The fourth-order valence-electron chi connectivity index (χ4n) is 2.42. The normalized spacial score (nSPS) is 13.2. The van der Waals surface area contributed by atoms with Gasteiger partial charge in [0.2, 0.25) is 0 Å². The molecular formula is C15H28BrN3. The van der Waals surface area contributed by atoms with Crippen molar-refractivity contribution in [1.29, 1.82) is 0 Å². The molecule has 0 fully saturated rings. The van der Waals surface area contributed by atoms with Crippen LogP contribution in [0.25, 0.3) is 0 Å². The van der Waals surface area contributed by atoms with E-state index in [2.05, 4.69) is 65.6 Å². The first-order valence-corrected chi connectivity index (χ1v) is 8.23. The first-order valence-electron chi connectivity index (χ1n) is 7.44. The lowest BCUT2D eigenvalue weighted by atomic mass is 9.97. The van der Waals surface area contributed by atoms with Crippen molar-refractivity contribution in [1.82, 2.24) is 15.1 Å². The molecule has 1 atom stereocenters. The Balaban J connectivity index is 2.77. The number of aromatic nitrogens is 2. The third-order valence-corrected chi connectivity index (χ3v) is 4.48. The van der Waals surface area contributed by atoms with E-state index in [1.54, 1.807) is 0 Å². The molecule has 0 aliphatic heterocycles. The molecule has 0 aromatic carbocycles. The van der Waals surface area contributed by atoms with Crippen LogP contribution >= 0.6 is 15.9 Å². The number of halogens is 1. The predicted octanol–water partition coefficient (Wildman–Crippen LogP) is 3.93. The van der Waals surface area contributed by atoms with Gasteiger partial charge >= 0.3 is 0 Å². The van der Waals surface area contributed by atoms with Crippen molar-refractivity contribution in [3.05, 3.63) is 15.9 Å². The highest BCUT2D eigenvalue weighted by molar-refractivity contribution is 9.10. The summed E-state index contributed by atoms with van der Waals surface area (Å²) in [5.41, 5.74) is 2.45. The largest absolute Gasteiger partial charge is 0.314 e. The molecule has 110 valence electrons. The minimum atomic E-state index is 0.556. The van der Waals surface area contributed by atoms with Gasteiger partial charge in [-0.1, -0.05) is 27.2 Å². The summed E-state index contributed by atoms with van der Waals surface area (Å²) in [7, 11) is 0. The first kappa shape index (κ1) is 16.7. The highest BCUT2D eigenvalue weighted by atomic mass is 79.9. The number of nitrogens with one attached hydrogen (secondary N) is 1. The zero-order valence-electron chi connectivity index (χ0n) is 13.0. The van der Waals surface area contributed by atoms with E-state index in [1.165, 1.54) is 23.0 Å². The summed E-state index contributed by atoms with van der Waals surface area (Å²) in [6.45, 7) is 12.9. The van der Waals surface area contributed by atoms with Crippen LogP contribution in [-0.4, -0.2) is 22.4 Å². The molecule has 1 unspecified atom stereocenters. The zero-order chi connectivity index (χ0) is 14.4. The van der Waals surface area contributed by atoms with Gasteiger partial charge in [-0.05, 0) is 55.1 Å². The van der Waals surface area contributed by atoms with E-state index in [4.69, 9.17) is 0 Å². The van der Waals surface area contributed by atoms with Crippen LogP contribution in [0.5, 0.6) is 0 Å². The van der Waals surface area contributed by atoms with Crippen molar-refractivity contribution < 1.29 is 0 Å². The predicted molar refractivity (Wildman–Crippen MR) is 85.6 cm³/mol. The molecule has 0 saturated carbocycles. The lowest BCUT2D eigenvalue weighted by Gasteiger charge is -2.19. The Labute approximate surface area is 126 Å². The van der Waals surface area contributed by atoms with Crippen LogP contribution < -0.4 is 5.32 Å². The first-order chi connectivity index (χ1) is 8.99. The number of aryl methyl sites for hydroxylation is 2. The molecule has 0 saturated heterocycles. The summed E-state index contributed by atoms with van der Waals surface area (Å²) in [5.74, 6) is 0.685. The van der Waals surface area contributed by atoms with Gasteiger partial charge in [0.15, 0.2) is 0 Å². The van der Waals surface area contributed by atoms with E-state index in [0.29, 0.717) is 12.0 Å². The zero-order valence-corrected chi connectivity index (χ0v) is 14.5. The Kier molecular flexibility index (Phi) is 7.08. The van der Waals surface area contributed by atoms with Crippen LogP contribution in [0, 0.1) is 12.8 Å². The third-order valence-electron chi connectivity index (χ3n) is 3.45. The maximum atomic E-state index is 4.59. The van der Waals surface area contributed by atoms with Crippen LogP contribution in [0.1, 0.15) is 51.9 Å². The summed E-state index contributed by atoms with van der Waals surface area (Å²) >= 11 is 3.70. The number of rotatable bonds is 8. The molecule has 0 aliphatic carbocycles. The average molecular weight is 330 g/mol. The van der Waals surface area contributed by atoms with Crippen LogP contribution in [0.3, 0.4) is 0 Å². The minimum absolute atomic E-state index is 0.556. The minimum Gasteiger partial charge on any atom is -0.314 e. The van der Waals surface area contributed by atoms with E-state index in [1.807, 2.05) is 0 Å². The van der Waals surface area contributed by atoms with Crippen molar-refractivity contribution in [3.8, 4) is 0 Å². The van der Waals surface area contributed by atoms with Gasteiger partial charge in [-0.2, -0.15) is 5.10 Å². The molecule has 1 rings (SSSR count). The standard InChI is InChI=1S/C15H28BrN3/c1-6-8-13(10-17-11(3)4)9-14-15(16)12(5)18-19(14)7-2/h11,13,17H,6-10H2,1-5H3. The Morgan fingerprint density at radius 2 is 2.00 bits per heavy atom. The molecule has 0 amide bonds. The van der Waals surface area contributed by atoms with Crippen LogP contribution in [0.15, 0.2) is 4.47 Å². The van der Waals surface area contributed by atoms with Crippen molar-refractivity contribution in [3.63, 3.8) is 0 Å². The van der Waals surface area contributed by atoms with Gasteiger partial charge in [-0.3, -0.25) is 4.68 Å². The van der Waals surface area contributed by atoms with Crippen molar-refractivity contribution in [2.24, 2.45) is 5.92 Å². The van der Waals surface area contributed by atoms with Gasteiger partial charge in [-0.15, -0.1) is 0 Å². The molecule has 3 nitrogen and oxygen atoms in total. The molecule has 1 aromatic rings. The maximum absolute atomic E-state index is 4.59. The maximum Gasteiger partial charge on any atom is 0.0738 e. The fraction of sp³-hybridized carbons (Fsp3) is 0.800. The van der Waals surface area contributed by atoms with Gasteiger partial charge in [0.25, 0.3) is 0 Å². The molecule has 19 heavy (non-hydrogen) atoms. The van der Waals surface area contributed by atoms with Crippen LogP contribution in [-0.2, 0) is 13.0 Å². The molecule has 0 bridgehead atoms. The fourth-order valence-corrected chi connectivity index (χ4v) is 2.87. The molecule has 0 radical (unpaired) electrons. The second-order valence-electron chi connectivity index (χ2n) is 5.58. The topological polar surface area (TPSA) is 29.9 Å². The Morgan fingerprint density at radius 3 is 2.53 bits per heavy atom. The van der Waals surface area contributed by atoms with Gasteiger partial charge < -0.3 is 5.32 Å². The second kappa shape index (κ2) is 8.05. The van der Waals surface area contributed by atoms with Gasteiger partial charge in [0, 0.05) is 12.6 Å². The van der Waals surface area contributed by atoms with Gasteiger partial charge in [-0.25, -0.2) is 0 Å². The van der Waals surface area contributed by atoms with Crippen molar-refractivity contribution in [2.75, 3.05) is 6.54 Å². The summed E-state index contributed by atoms with van der Waals surface area (Å²) in [4.78, 5) is 0. The van der Waals surface area contributed by atoms with Crippen LogP contribution in [0.4, 0.5) is 0 Å². The number of nitrogens with zero attached hydrogens (tertiary/aromatic N) is 2. The average Bonchev–Trinajstić information content (AvgIpc) is 2.63. The lowest BCUT2D eigenvalue weighted by Crippen LogP contribution is -2.30. The molecule has 0 spiro atoms.